The lowest BCUT2D eigenvalue weighted by molar-refractivity contribution is -0.148. The van der Waals surface area contributed by atoms with Crippen molar-refractivity contribution in [3.63, 3.8) is 0 Å². The van der Waals surface area contributed by atoms with Gasteiger partial charge in [0.2, 0.25) is 11.8 Å². The number of carboxylic acids is 1. The van der Waals surface area contributed by atoms with Crippen LogP contribution in [0.15, 0.2) is 29.2 Å². The number of carbonyl (C=O) groups is 3. The first-order valence-electron chi connectivity index (χ1n) is 8.53. The van der Waals surface area contributed by atoms with Crippen molar-refractivity contribution in [1.82, 2.24) is 5.32 Å². The summed E-state index contributed by atoms with van der Waals surface area (Å²) >= 11 is 3.32. The molecule has 2 aliphatic heterocycles. The minimum Gasteiger partial charge on any atom is -0.480 e. The number of amides is 2. The molecule has 0 aromatic heterocycles. The topological polar surface area (TPSA) is 86.7 Å². The highest BCUT2D eigenvalue weighted by molar-refractivity contribution is 7.99. The molecule has 0 radical (unpaired) electrons. The predicted molar refractivity (Wildman–Crippen MR) is 104 cm³/mol. The molecule has 2 saturated heterocycles. The number of nitrogens with one attached hydrogen (secondary N) is 1. The average molecular weight is 395 g/mol. The number of anilines is 1. The van der Waals surface area contributed by atoms with E-state index in [1.165, 1.54) is 0 Å². The van der Waals surface area contributed by atoms with Crippen LogP contribution in [0.25, 0.3) is 0 Å². The largest absolute Gasteiger partial charge is 0.480 e. The third-order valence-corrected chi connectivity index (χ3v) is 6.73. The van der Waals surface area contributed by atoms with E-state index in [0.29, 0.717) is 24.3 Å². The minimum atomic E-state index is -1.20. The molecule has 1 atom stereocenters. The van der Waals surface area contributed by atoms with Crippen LogP contribution < -0.4 is 10.2 Å². The Morgan fingerprint density at radius 3 is 2.50 bits per heavy atom. The zero-order valence-electron chi connectivity index (χ0n) is 14.6. The van der Waals surface area contributed by atoms with Crippen LogP contribution in [0.2, 0.25) is 0 Å². The van der Waals surface area contributed by atoms with Gasteiger partial charge in [0.1, 0.15) is 5.54 Å². The third kappa shape index (κ3) is 3.86. The van der Waals surface area contributed by atoms with Crippen LogP contribution >= 0.6 is 23.5 Å². The van der Waals surface area contributed by atoms with Gasteiger partial charge in [0.15, 0.2) is 0 Å². The number of hydrogen-bond acceptors (Lipinski definition) is 5. The normalized spacial score (nSPS) is 22.3. The van der Waals surface area contributed by atoms with Crippen LogP contribution in [-0.4, -0.2) is 52.7 Å². The van der Waals surface area contributed by atoms with E-state index in [1.807, 2.05) is 30.5 Å². The molecule has 6 nitrogen and oxygen atoms in total. The summed E-state index contributed by atoms with van der Waals surface area (Å²) < 4.78 is 0. The van der Waals surface area contributed by atoms with Crippen LogP contribution in [0, 0.1) is 5.92 Å². The Morgan fingerprint density at radius 2 is 1.92 bits per heavy atom. The van der Waals surface area contributed by atoms with E-state index in [4.69, 9.17) is 0 Å². The monoisotopic (exact) mass is 394 g/mol. The van der Waals surface area contributed by atoms with Gasteiger partial charge in [-0.25, -0.2) is 4.79 Å². The molecule has 26 heavy (non-hydrogen) atoms. The SMILES string of the molecule is CSc1ccc(N2CC(C(=O)NC3(C(=O)O)CCSCC3)CC2=O)cc1. The van der Waals surface area contributed by atoms with Crippen LogP contribution in [0.4, 0.5) is 5.69 Å². The summed E-state index contributed by atoms with van der Waals surface area (Å²) in [6.07, 6.45) is 2.93. The second-order valence-corrected chi connectivity index (χ2v) is 8.70. The maximum Gasteiger partial charge on any atom is 0.329 e. The molecule has 1 aromatic rings. The second kappa shape index (κ2) is 7.92. The molecule has 2 aliphatic rings. The van der Waals surface area contributed by atoms with Gasteiger partial charge in [-0.1, -0.05) is 0 Å². The molecule has 3 rings (SSSR count). The molecular weight excluding hydrogens is 372 g/mol. The van der Waals surface area contributed by atoms with Crippen molar-refractivity contribution >= 4 is 47.0 Å². The van der Waals surface area contributed by atoms with Crippen molar-refractivity contribution in [2.24, 2.45) is 5.92 Å². The maximum atomic E-state index is 12.7. The highest BCUT2D eigenvalue weighted by Crippen LogP contribution is 2.30. The first-order chi connectivity index (χ1) is 12.4. The lowest BCUT2D eigenvalue weighted by atomic mass is 9.91. The predicted octanol–water partition coefficient (Wildman–Crippen LogP) is 2.23. The highest BCUT2D eigenvalue weighted by Gasteiger charge is 2.44. The van der Waals surface area contributed by atoms with E-state index < -0.39 is 17.4 Å². The number of nitrogens with zero attached hydrogens (tertiary/aromatic N) is 1. The summed E-state index contributed by atoms with van der Waals surface area (Å²) in [6, 6.07) is 7.64. The van der Waals surface area contributed by atoms with Crippen LogP contribution in [0.3, 0.4) is 0 Å². The zero-order chi connectivity index (χ0) is 18.7. The third-order valence-electron chi connectivity index (χ3n) is 5.00. The number of carbonyl (C=O) groups excluding carboxylic acids is 2. The zero-order valence-corrected chi connectivity index (χ0v) is 16.2. The Hall–Kier alpha value is -1.67. The number of rotatable bonds is 5. The van der Waals surface area contributed by atoms with Gasteiger partial charge < -0.3 is 15.3 Å². The Labute approximate surface area is 161 Å². The molecule has 2 fully saturated rings. The molecule has 0 spiro atoms. The van der Waals surface area contributed by atoms with Gasteiger partial charge in [-0.2, -0.15) is 11.8 Å². The van der Waals surface area contributed by atoms with Crippen molar-refractivity contribution in [3.05, 3.63) is 24.3 Å². The highest BCUT2D eigenvalue weighted by atomic mass is 32.2. The van der Waals surface area contributed by atoms with E-state index in [1.54, 1.807) is 28.4 Å². The van der Waals surface area contributed by atoms with Gasteiger partial charge in [-0.15, -0.1) is 11.8 Å². The van der Waals surface area contributed by atoms with Gasteiger partial charge in [0.05, 0.1) is 5.92 Å². The molecule has 0 saturated carbocycles. The molecule has 140 valence electrons. The van der Waals surface area contributed by atoms with Gasteiger partial charge >= 0.3 is 5.97 Å². The standard InChI is InChI=1S/C18H22N2O4S2/c1-25-14-4-2-13(3-5-14)20-11-12(10-15(20)21)16(22)19-18(17(23)24)6-8-26-9-7-18/h2-5,12H,6-11H2,1H3,(H,19,22)(H,23,24). The lowest BCUT2D eigenvalue weighted by Gasteiger charge is -2.34. The summed E-state index contributed by atoms with van der Waals surface area (Å²) in [5.41, 5.74) is -0.427. The molecule has 2 N–H and O–H groups in total. The summed E-state index contributed by atoms with van der Waals surface area (Å²) in [7, 11) is 0. The van der Waals surface area contributed by atoms with E-state index in [-0.39, 0.29) is 24.8 Å². The summed E-state index contributed by atoms with van der Waals surface area (Å²) in [5, 5.41) is 12.4. The van der Waals surface area contributed by atoms with Crippen molar-refractivity contribution in [2.75, 3.05) is 29.2 Å². The Kier molecular flexibility index (Phi) is 5.82. The molecular formula is C18H22N2O4S2. The fourth-order valence-electron chi connectivity index (χ4n) is 3.34. The first-order valence-corrected chi connectivity index (χ1v) is 10.9. The molecule has 1 aromatic carbocycles. The van der Waals surface area contributed by atoms with Crippen molar-refractivity contribution in [2.45, 2.75) is 29.7 Å². The van der Waals surface area contributed by atoms with E-state index >= 15 is 0 Å². The number of thioether (sulfide) groups is 2. The summed E-state index contributed by atoms with van der Waals surface area (Å²) in [4.78, 5) is 39.5. The first kappa shape index (κ1) is 19.1. The molecule has 0 aliphatic carbocycles. The lowest BCUT2D eigenvalue weighted by Crippen LogP contribution is -2.58. The fourth-order valence-corrected chi connectivity index (χ4v) is 4.94. The van der Waals surface area contributed by atoms with E-state index in [2.05, 4.69) is 5.32 Å². The number of carboxylic acid groups (broad SMARTS) is 1. The quantitative estimate of drug-likeness (QED) is 0.745. The smallest absolute Gasteiger partial charge is 0.329 e. The Balaban J connectivity index is 1.69. The number of benzene rings is 1. The minimum absolute atomic E-state index is 0.106. The van der Waals surface area contributed by atoms with Gasteiger partial charge in [-0.3, -0.25) is 9.59 Å². The second-order valence-electron chi connectivity index (χ2n) is 6.59. The summed E-state index contributed by atoms with van der Waals surface area (Å²) in [6.45, 7) is 0.285. The molecule has 1 unspecified atom stereocenters. The fraction of sp³-hybridized carbons (Fsp3) is 0.500. The van der Waals surface area contributed by atoms with Crippen LogP contribution in [0.5, 0.6) is 0 Å². The number of hydrogen-bond donors (Lipinski definition) is 2. The van der Waals surface area contributed by atoms with Crippen molar-refractivity contribution in [3.8, 4) is 0 Å². The van der Waals surface area contributed by atoms with Gasteiger partial charge in [0.25, 0.3) is 0 Å². The Bertz CT molecular complexity index is 702. The maximum absolute atomic E-state index is 12.7. The van der Waals surface area contributed by atoms with Crippen molar-refractivity contribution in [1.29, 1.82) is 0 Å². The van der Waals surface area contributed by atoms with E-state index in [9.17, 15) is 19.5 Å². The van der Waals surface area contributed by atoms with Gasteiger partial charge in [-0.05, 0) is 54.9 Å². The van der Waals surface area contributed by atoms with Crippen molar-refractivity contribution < 1.29 is 19.5 Å². The van der Waals surface area contributed by atoms with Crippen LogP contribution in [-0.2, 0) is 14.4 Å². The number of aliphatic carboxylic acids is 1. The average Bonchev–Trinajstić information content (AvgIpc) is 3.04. The van der Waals surface area contributed by atoms with Gasteiger partial charge in [0, 0.05) is 23.5 Å². The van der Waals surface area contributed by atoms with E-state index in [0.717, 1.165) is 10.6 Å². The molecule has 2 heterocycles. The molecule has 0 bridgehead atoms. The van der Waals surface area contributed by atoms with Crippen LogP contribution in [0.1, 0.15) is 19.3 Å². The molecule has 2 amide bonds. The summed E-state index contributed by atoms with van der Waals surface area (Å²) in [5.74, 6) is -0.524. The molecule has 8 heteroatoms. The Morgan fingerprint density at radius 1 is 1.27 bits per heavy atom.